The van der Waals surface area contributed by atoms with Crippen LogP contribution >= 0.6 is 0 Å². The molecule has 0 aliphatic heterocycles. The van der Waals surface area contributed by atoms with Crippen molar-refractivity contribution < 1.29 is 28.6 Å². The minimum atomic E-state index is -0.414. The molecule has 0 saturated heterocycles. The maximum absolute atomic E-state index is 12.0. The fourth-order valence-electron chi connectivity index (χ4n) is 2.05. The van der Waals surface area contributed by atoms with E-state index >= 15 is 0 Å². The fraction of sp³-hybridized carbons (Fsp3) is 0.450. The molecule has 0 heterocycles. The Morgan fingerprint density at radius 3 is 2.26 bits per heavy atom. The summed E-state index contributed by atoms with van der Waals surface area (Å²) in [6.07, 6.45) is 2.30. The molecule has 0 radical (unpaired) electrons. The Balaban J connectivity index is 2.18. The van der Waals surface area contributed by atoms with Gasteiger partial charge in [0, 0.05) is 5.69 Å². The second-order valence-corrected chi connectivity index (χ2v) is 6.07. The second-order valence-electron chi connectivity index (χ2n) is 6.07. The highest BCUT2D eigenvalue weighted by Crippen LogP contribution is 2.11. The zero-order valence-corrected chi connectivity index (χ0v) is 15.9. The van der Waals surface area contributed by atoms with Gasteiger partial charge in [0.15, 0.2) is 6.79 Å². The van der Waals surface area contributed by atoms with Crippen LogP contribution in [0.2, 0.25) is 0 Å². The minimum absolute atomic E-state index is 0.171. The first kappa shape index (κ1) is 22.4. The summed E-state index contributed by atoms with van der Waals surface area (Å²) in [5, 5.41) is 2.59. The average molecular weight is 377 g/mol. The van der Waals surface area contributed by atoms with Gasteiger partial charge >= 0.3 is 5.97 Å². The monoisotopic (exact) mass is 377 g/mol. The van der Waals surface area contributed by atoms with E-state index in [0.29, 0.717) is 30.2 Å². The number of allylic oxidation sites excluding steroid dienone is 1. The van der Waals surface area contributed by atoms with Gasteiger partial charge in [-0.3, -0.25) is 9.59 Å². The Hall–Kier alpha value is -2.67. The standard InChI is InChI=1S/C20H27NO6/c1-15(2)27-14-25-11-5-4-6-12-26-20(24)17-7-9-18(10-8-17)21-19(23)13-16(3)22/h7-10H,1,4-6,11-14H2,2-3H3,(H,21,23). The van der Waals surface area contributed by atoms with E-state index in [4.69, 9.17) is 14.2 Å². The zero-order chi connectivity index (χ0) is 20.1. The normalized spacial score (nSPS) is 10.1. The van der Waals surface area contributed by atoms with Crippen molar-refractivity contribution in [2.75, 3.05) is 25.3 Å². The van der Waals surface area contributed by atoms with Crippen LogP contribution in [0.3, 0.4) is 0 Å². The summed E-state index contributed by atoms with van der Waals surface area (Å²) in [6.45, 7) is 7.83. The van der Waals surface area contributed by atoms with Gasteiger partial charge in [0.05, 0.1) is 31.0 Å². The molecular weight excluding hydrogens is 350 g/mol. The van der Waals surface area contributed by atoms with Gasteiger partial charge < -0.3 is 19.5 Å². The van der Waals surface area contributed by atoms with Crippen LogP contribution in [0.5, 0.6) is 0 Å². The Morgan fingerprint density at radius 1 is 0.963 bits per heavy atom. The van der Waals surface area contributed by atoms with E-state index in [1.54, 1.807) is 31.2 Å². The number of benzene rings is 1. The highest BCUT2D eigenvalue weighted by Gasteiger charge is 2.09. The molecule has 27 heavy (non-hydrogen) atoms. The lowest BCUT2D eigenvalue weighted by Crippen LogP contribution is -2.14. The number of rotatable bonds is 13. The third kappa shape index (κ3) is 10.8. The Labute approximate surface area is 159 Å². The molecule has 0 aliphatic rings. The first-order valence-corrected chi connectivity index (χ1v) is 8.81. The lowest BCUT2D eigenvalue weighted by Gasteiger charge is -2.08. The molecule has 7 heteroatoms. The third-order valence-corrected chi connectivity index (χ3v) is 3.37. The van der Waals surface area contributed by atoms with E-state index in [0.717, 1.165) is 19.3 Å². The number of carbonyl (C=O) groups is 3. The molecule has 1 N–H and O–H groups in total. The van der Waals surface area contributed by atoms with E-state index in [1.807, 2.05) is 0 Å². The molecule has 0 atom stereocenters. The molecule has 7 nitrogen and oxygen atoms in total. The van der Waals surface area contributed by atoms with Crippen molar-refractivity contribution in [1.82, 2.24) is 0 Å². The van der Waals surface area contributed by atoms with E-state index in [1.165, 1.54) is 6.92 Å². The number of esters is 1. The minimum Gasteiger partial charge on any atom is -0.473 e. The summed E-state index contributed by atoms with van der Waals surface area (Å²) in [7, 11) is 0. The molecule has 0 aliphatic carbocycles. The number of ether oxygens (including phenoxy) is 3. The topological polar surface area (TPSA) is 90.9 Å². The van der Waals surface area contributed by atoms with Crippen molar-refractivity contribution in [3.05, 3.63) is 42.2 Å². The summed E-state index contributed by atoms with van der Waals surface area (Å²) in [5.41, 5.74) is 0.924. The van der Waals surface area contributed by atoms with Crippen LogP contribution in [-0.4, -0.2) is 37.7 Å². The number of hydrogen-bond acceptors (Lipinski definition) is 6. The molecular formula is C20H27NO6. The second kappa shape index (κ2) is 12.6. The lowest BCUT2D eigenvalue weighted by atomic mass is 10.2. The summed E-state index contributed by atoms with van der Waals surface area (Å²) in [5.74, 6) is -0.386. The predicted molar refractivity (Wildman–Crippen MR) is 101 cm³/mol. The van der Waals surface area contributed by atoms with Crippen molar-refractivity contribution in [3.8, 4) is 0 Å². The lowest BCUT2D eigenvalue weighted by molar-refractivity contribution is -0.124. The molecule has 1 aromatic carbocycles. The molecule has 0 bridgehead atoms. The number of anilines is 1. The molecule has 1 rings (SSSR count). The van der Waals surface area contributed by atoms with Crippen LogP contribution in [-0.2, 0) is 23.8 Å². The number of amides is 1. The van der Waals surface area contributed by atoms with Crippen molar-refractivity contribution in [2.24, 2.45) is 0 Å². The van der Waals surface area contributed by atoms with Gasteiger partial charge in [-0.15, -0.1) is 0 Å². The van der Waals surface area contributed by atoms with Gasteiger partial charge in [-0.2, -0.15) is 0 Å². The molecule has 0 unspecified atom stereocenters. The number of hydrogen-bond donors (Lipinski definition) is 1. The van der Waals surface area contributed by atoms with Crippen molar-refractivity contribution in [1.29, 1.82) is 0 Å². The summed E-state index contributed by atoms with van der Waals surface area (Å²) in [4.78, 5) is 34.4. The van der Waals surface area contributed by atoms with Crippen molar-refractivity contribution in [2.45, 2.75) is 39.5 Å². The third-order valence-electron chi connectivity index (χ3n) is 3.37. The number of ketones is 1. The molecule has 148 valence electrons. The largest absolute Gasteiger partial charge is 0.473 e. The van der Waals surface area contributed by atoms with Crippen molar-refractivity contribution >= 4 is 23.3 Å². The molecule has 0 fully saturated rings. The van der Waals surface area contributed by atoms with Crippen LogP contribution in [0.15, 0.2) is 36.6 Å². The quantitative estimate of drug-likeness (QED) is 0.186. The fourth-order valence-corrected chi connectivity index (χ4v) is 2.05. The van der Waals surface area contributed by atoms with Gasteiger partial charge in [0.25, 0.3) is 0 Å². The predicted octanol–water partition coefficient (Wildman–Crippen LogP) is 3.46. The van der Waals surface area contributed by atoms with Crippen LogP contribution < -0.4 is 5.32 Å². The summed E-state index contributed by atoms with van der Waals surface area (Å²) < 4.78 is 15.5. The SMILES string of the molecule is C=C(C)OCOCCCCCOC(=O)c1ccc(NC(=O)CC(C)=O)cc1. The molecule has 0 saturated carbocycles. The first-order valence-electron chi connectivity index (χ1n) is 8.81. The Kier molecular flexibility index (Phi) is 10.5. The number of Topliss-reactive ketones (excluding diaryl/α,β-unsaturated/α-hetero) is 1. The van der Waals surface area contributed by atoms with E-state index in [2.05, 4.69) is 11.9 Å². The molecule has 1 amide bonds. The van der Waals surface area contributed by atoms with Gasteiger partial charge in [-0.25, -0.2) is 4.79 Å². The van der Waals surface area contributed by atoms with Gasteiger partial charge in [0.1, 0.15) is 5.78 Å². The number of carbonyl (C=O) groups excluding carboxylic acids is 3. The van der Waals surface area contributed by atoms with Crippen LogP contribution in [0.1, 0.15) is 49.9 Å². The Morgan fingerprint density at radius 2 is 1.63 bits per heavy atom. The zero-order valence-electron chi connectivity index (χ0n) is 15.9. The van der Waals surface area contributed by atoms with Gasteiger partial charge in [-0.05, 0) is 57.4 Å². The van der Waals surface area contributed by atoms with E-state index in [9.17, 15) is 14.4 Å². The summed E-state index contributed by atoms with van der Waals surface area (Å²) in [6, 6.07) is 6.33. The van der Waals surface area contributed by atoms with Crippen LogP contribution in [0.25, 0.3) is 0 Å². The summed E-state index contributed by atoms with van der Waals surface area (Å²) >= 11 is 0. The maximum Gasteiger partial charge on any atom is 0.338 e. The van der Waals surface area contributed by atoms with Crippen molar-refractivity contribution in [3.63, 3.8) is 0 Å². The van der Waals surface area contributed by atoms with Crippen LogP contribution in [0, 0.1) is 0 Å². The number of nitrogens with one attached hydrogen (secondary N) is 1. The highest BCUT2D eigenvalue weighted by atomic mass is 16.7. The highest BCUT2D eigenvalue weighted by molar-refractivity contribution is 6.03. The smallest absolute Gasteiger partial charge is 0.338 e. The van der Waals surface area contributed by atoms with E-state index in [-0.39, 0.29) is 24.9 Å². The van der Waals surface area contributed by atoms with Gasteiger partial charge in [0.2, 0.25) is 5.91 Å². The molecule has 1 aromatic rings. The average Bonchev–Trinajstić information content (AvgIpc) is 2.59. The molecule has 0 aromatic heterocycles. The molecule has 0 spiro atoms. The van der Waals surface area contributed by atoms with Gasteiger partial charge in [-0.1, -0.05) is 6.58 Å². The van der Waals surface area contributed by atoms with E-state index < -0.39 is 5.97 Å². The Bertz CT molecular complexity index is 638. The first-order chi connectivity index (χ1) is 12.9. The van der Waals surface area contributed by atoms with Crippen LogP contribution in [0.4, 0.5) is 5.69 Å². The number of unbranched alkanes of at least 4 members (excludes halogenated alkanes) is 2. The maximum atomic E-state index is 12.0.